The van der Waals surface area contributed by atoms with Crippen molar-refractivity contribution in [3.05, 3.63) is 94.0 Å². The Kier molecular flexibility index (Phi) is 7.68. The number of hydrogen-bond acceptors (Lipinski definition) is 7. The van der Waals surface area contributed by atoms with Crippen LogP contribution in [0, 0.1) is 10.1 Å². The number of benzene rings is 3. The molecule has 2 N–H and O–H groups in total. The van der Waals surface area contributed by atoms with E-state index in [4.69, 9.17) is 9.47 Å². The molecule has 10 nitrogen and oxygen atoms in total. The summed E-state index contributed by atoms with van der Waals surface area (Å²) >= 11 is 0. The predicted molar refractivity (Wildman–Crippen MR) is 122 cm³/mol. The SMILES string of the molecule is COc1cc(/C=N\NC(=O)c2ccccc2)ccc1OCC(=O)Nc1ccc([N+](=O)[O-])cc1. The van der Waals surface area contributed by atoms with Gasteiger partial charge < -0.3 is 14.8 Å². The number of nitrogens with zero attached hydrogens (tertiary/aromatic N) is 2. The number of non-ortho nitro benzene ring substituents is 1. The standard InChI is InChI=1S/C23H20N4O6/c1-32-21-13-16(14-24-26-23(29)17-5-3-2-4-6-17)7-12-20(21)33-15-22(28)25-18-8-10-19(11-9-18)27(30)31/h2-14H,15H2,1H3,(H,25,28)(H,26,29)/b24-14-. The van der Waals surface area contributed by atoms with E-state index in [1.165, 1.54) is 37.6 Å². The van der Waals surface area contributed by atoms with Crippen LogP contribution >= 0.6 is 0 Å². The van der Waals surface area contributed by atoms with E-state index in [2.05, 4.69) is 15.8 Å². The second-order valence-corrected chi connectivity index (χ2v) is 6.62. The maximum atomic E-state index is 12.1. The number of methoxy groups -OCH3 is 1. The Balaban J connectivity index is 1.55. The number of anilines is 1. The summed E-state index contributed by atoms with van der Waals surface area (Å²) in [6.45, 7) is -0.298. The summed E-state index contributed by atoms with van der Waals surface area (Å²) in [5, 5.41) is 17.2. The topological polar surface area (TPSA) is 132 Å². The fraction of sp³-hybridized carbons (Fsp3) is 0.0870. The van der Waals surface area contributed by atoms with Gasteiger partial charge in [0.2, 0.25) is 0 Å². The van der Waals surface area contributed by atoms with Gasteiger partial charge in [0.05, 0.1) is 18.2 Å². The smallest absolute Gasteiger partial charge is 0.271 e. The number of carbonyl (C=O) groups is 2. The highest BCUT2D eigenvalue weighted by atomic mass is 16.6. The van der Waals surface area contributed by atoms with E-state index >= 15 is 0 Å². The highest BCUT2D eigenvalue weighted by Gasteiger charge is 2.10. The van der Waals surface area contributed by atoms with E-state index in [-0.39, 0.29) is 18.2 Å². The average Bonchev–Trinajstić information content (AvgIpc) is 2.83. The van der Waals surface area contributed by atoms with Gasteiger partial charge in [-0.1, -0.05) is 18.2 Å². The van der Waals surface area contributed by atoms with Crippen molar-refractivity contribution >= 4 is 29.4 Å². The maximum absolute atomic E-state index is 12.1. The molecule has 0 aromatic heterocycles. The van der Waals surface area contributed by atoms with E-state index in [1.54, 1.807) is 42.5 Å². The van der Waals surface area contributed by atoms with Crippen LogP contribution in [0.2, 0.25) is 0 Å². The lowest BCUT2D eigenvalue weighted by molar-refractivity contribution is -0.384. The molecule has 2 amide bonds. The molecular weight excluding hydrogens is 428 g/mol. The quantitative estimate of drug-likeness (QED) is 0.293. The van der Waals surface area contributed by atoms with Gasteiger partial charge in [-0.2, -0.15) is 5.10 Å². The zero-order chi connectivity index (χ0) is 23.6. The first-order valence-corrected chi connectivity index (χ1v) is 9.70. The minimum Gasteiger partial charge on any atom is -0.493 e. The first-order chi connectivity index (χ1) is 16.0. The molecule has 0 heterocycles. The Morgan fingerprint density at radius 2 is 1.76 bits per heavy atom. The van der Waals surface area contributed by atoms with Gasteiger partial charge in [0.15, 0.2) is 18.1 Å². The fourth-order valence-electron chi connectivity index (χ4n) is 2.71. The van der Waals surface area contributed by atoms with Gasteiger partial charge in [-0.25, -0.2) is 5.43 Å². The fourth-order valence-corrected chi connectivity index (χ4v) is 2.71. The van der Waals surface area contributed by atoms with Gasteiger partial charge in [0.1, 0.15) is 0 Å². The molecule has 168 valence electrons. The Labute approximate surface area is 189 Å². The molecule has 0 aliphatic carbocycles. The first-order valence-electron chi connectivity index (χ1n) is 9.70. The summed E-state index contributed by atoms with van der Waals surface area (Å²) in [4.78, 5) is 34.3. The van der Waals surface area contributed by atoms with E-state index in [9.17, 15) is 19.7 Å². The van der Waals surface area contributed by atoms with Crippen molar-refractivity contribution in [2.75, 3.05) is 19.0 Å². The minimum atomic E-state index is -0.521. The maximum Gasteiger partial charge on any atom is 0.271 e. The molecule has 0 aliphatic rings. The number of carbonyl (C=O) groups excluding carboxylic acids is 2. The third kappa shape index (κ3) is 6.62. The first kappa shape index (κ1) is 22.9. The van der Waals surface area contributed by atoms with Crippen LogP contribution in [0.25, 0.3) is 0 Å². The normalized spacial score (nSPS) is 10.5. The number of hydrazone groups is 1. The lowest BCUT2D eigenvalue weighted by atomic mass is 10.2. The van der Waals surface area contributed by atoms with Crippen LogP contribution in [-0.4, -0.2) is 36.7 Å². The molecule has 0 radical (unpaired) electrons. The Morgan fingerprint density at radius 3 is 2.42 bits per heavy atom. The molecule has 3 aromatic carbocycles. The Morgan fingerprint density at radius 1 is 1.03 bits per heavy atom. The predicted octanol–water partition coefficient (Wildman–Crippen LogP) is 3.38. The summed E-state index contributed by atoms with van der Waals surface area (Å²) in [5.41, 5.74) is 3.91. The lowest BCUT2D eigenvalue weighted by Gasteiger charge is -2.11. The Hall–Kier alpha value is -4.73. The highest BCUT2D eigenvalue weighted by Crippen LogP contribution is 2.27. The number of rotatable bonds is 9. The van der Waals surface area contributed by atoms with Gasteiger partial charge in [0.25, 0.3) is 17.5 Å². The van der Waals surface area contributed by atoms with E-state index in [0.717, 1.165) is 0 Å². The van der Waals surface area contributed by atoms with Gasteiger partial charge >= 0.3 is 0 Å². The molecule has 0 spiro atoms. The molecule has 0 bridgehead atoms. The van der Waals surface area contributed by atoms with Gasteiger partial charge in [-0.15, -0.1) is 0 Å². The van der Waals surface area contributed by atoms with Crippen molar-refractivity contribution in [2.24, 2.45) is 5.10 Å². The number of amides is 2. The number of nitro benzene ring substituents is 1. The average molecular weight is 448 g/mol. The molecule has 0 fully saturated rings. The van der Waals surface area contributed by atoms with Gasteiger partial charge in [0, 0.05) is 23.4 Å². The monoisotopic (exact) mass is 448 g/mol. The molecule has 0 saturated carbocycles. The van der Waals surface area contributed by atoms with Crippen molar-refractivity contribution in [1.29, 1.82) is 0 Å². The molecule has 0 saturated heterocycles. The summed E-state index contributed by atoms with van der Waals surface area (Å²) in [6, 6.07) is 19.1. The van der Waals surface area contributed by atoms with E-state index in [1.807, 2.05) is 6.07 Å². The third-order valence-corrected chi connectivity index (χ3v) is 4.32. The van der Waals surface area contributed by atoms with Crippen LogP contribution in [0.5, 0.6) is 11.5 Å². The van der Waals surface area contributed by atoms with Crippen molar-refractivity contribution in [1.82, 2.24) is 5.43 Å². The number of ether oxygens (including phenoxy) is 2. The zero-order valence-electron chi connectivity index (χ0n) is 17.6. The molecule has 10 heteroatoms. The molecule has 3 rings (SSSR count). The summed E-state index contributed by atoms with van der Waals surface area (Å²) in [5.74, 6) is -0.0729. The van der Waals surface area contributed by atoms with Crippen molar-refractivity contribution in [2.45, 2.75) is 0 Å². The molecule has 3 aromatic rings. The summed E-state index contributed by atoms with van der Waals surface area (Å²) in [7, 11) is 1.46. The van der Waals surface area contributed by atoms with E-state index < -0.39 is 10.8 Å². The van der Waals surface area contributed by atoms with Crippen LogP contribution in [0.3, 0.4) is 0 Å². The second kappa shape index (κ2) is 11.0. The lowest BCUT2D eigenvalue weighted by Crippen LogP contribution is -2.20. The molecular formula is C23H20N4O6. The third-order valence-electron chi connectivity index (χ3n) is 4.32. The van der Waals surface area contributed by atoms with Crippen LogP contribution in [0.15, 0.2) is 77.9 Å². The van der Waals surface area contributed by atoms with Gasteiger partial charge in [-0.05, 0) is 48.0 Å². The number of nitro groups is 1. The highest BCUT2D eigenvalue weighted by molar-refractivity contribution is 5.95. The summed E-state index contributed by atoms with van der Waals surface area (Å²) < 4.78 is 10.8. The van der Waals surface area contributed by atoms with Crippen LogP contribution in [-0.2, 0) is 4.79 Å². The van der Waals surface area contributed by atoms with Crippen molar-refractivity contribution in [3.63, 3.8) is 0 Å². The second-order valence-electron chi connectivity index (χ2n) is 6.62. The van der Waals surface area contributed by atoms with Crippen molar-refractivity contribution < 1.29 is 24.0 Å². The van der Waals surface area contributed by atoms with E-state index in [0.29, 0.717) is 28.3 Å². The largest absolute Gasteiger partial charge is 0.493 e. The van der Waals surface area contributed by atoms with Crippen LogP contribution < -0.4 is 20.2 Å². The Bertz CT molecular complexity index is 1160. The molecule has 0 aliphatic heterocycles. The van der Waals surface area contributed by atoms with Gasteiger partial charge in [-0.3, -0.25) is 19.7 Å². The molecule has 0 unspecified atom stereocenters. The van der Waals surface area contributed by atoms with Crippen molar-refractivity contribution in [3.8, 4) is 11.5 Å². The van der Waals surface area contributed by atoms with Crippen LogP contribution in [0.1, 0.15) is 15.9 Å². The molecule has 33 heavy (non-hydrogen) atoms. The zero-order valence-corrected chi connectivity index (χ0v) is 17.6. The minimum absolute atomic E-state index is 0.0720. The number of nitrogens with one attached hydrogen (secondary N) is 2. The van der Waals surface area contributed by atoms with Crippen LogP contribution in [0.4, 0.5) is 11.4 Å². The number of hydrogen-bond donors (Lipinski definition) is 2. The molecule has 0 atom stereocenters. The summed E-state index contributed by atoms with van der Waals surface area (Å²) in [6.07, 6.45) is 1.45.